The van der Waals surface area contributed by atoms with Gasteiger partial charge in [0.15, 0.2) is 5.75 Å². The van der Waals surface area contributed by atoms with E-state index in [1.165, 1.54) is 19.2 Å². The van der Waals surface area contributed by atoms with Crippen LogP contribution in [-0.4, -0.2) is 30.9 Å². The van der Waals surface area contributed by atoms with E-state index in [0.29, 0.717) is 11.5 Å². The van der Waals surface area contributed by atoms with Crippen LogP contribution in [0.2, 0.25) is 0 Å². The number of nitrogens with two attached hydrogens (primary N) is 1. The van der Waals surface area contributed by atoms with Crippen LogP contribution in [0.5, 0.6) is 11.5 Å². The largest absolute Gasteiger partial charge is 0.469 e. The lowest BCUT2D eigenvalue weighted by molar-refractivity contribution is -0.142. The Morgan fingerprint density at radius 2 is 1.79 bits per heavy atom. The minimum absolute atomic E-state index is 0.189. The van der Waals surface area contributed by atoms with Gasteiger partial charge in [0.1, 0.15) is 11.8 Å². The van der Waals surface area contributed by atoms with Crippen molar-refractivity contribution in [3.8, 4) is 11.5 Å². The van der Waals surface area contributed by atoms with Crippen LogP contribution in [-0.2, 0) is 14.3 Å². The van der Waals surface area contributed by atoms with Gasteiger partial charge < -0.3 is 25.8 Å². The van der Waals surface area contributed by atoms with Gasteiger partial charge in [0.05, 0.1) is 30.5 Å². The summed E-state index contributed by atoms with van der Waals surface area (Å²) in [6.45, 7) is 3.90. The molecule has 2 aromatic rings. The molecule has 0 unspecified atom stereocenters. The van der Waals surface area contributed by atoms with Crippen LogP contribution in [0, 0.1) is 13.8 Å². The summed E-state index contributed by atoms with van der Waals surface area (Å²) in [6.07, 6.45) is -0.274. The van der Waals surface area contributed by atoms with Crippen molar-refractivity contribution in [1.82, 2.24) is 5.32 Å². The van der Waals surface area contributed by atoms with E-state index < -0.39 is 23.8 Å². The second kappa shape index (κ2) is 7.59. The van der Waals surface area contributed by atoms with Crippen LogP contribution in [0.15, 0.2) is 30.3 Å². The molecule has 28 heavy (non-hydrogen) atoms. The summed E-state index contributed by atoms with van der Waals surface area (Å²) < 4.78 is 10.4. The zero-order valence-electron chi connectivity index (χ0n) is 15.8. The van der Waals surface area contributed by atoms with Crippen molar-refractivity contribution in [3.63, 3.8) is 0 Å². The maximum atomic E-state index is 12.6. The van der Waals surface area contributed by atoms with Crippen LogP contribution >= 0.6 is 0 Å². The third kappa shape index (κ3) is 4.06. The molecular weight excluding hydrogens is 362 g/mol. The zero-order valence-corrected chi connectivity index (χ0v) is 15.8. The number of nitrogen functional groups attached to an aromatic ring is 1. The zero-order chi connectivity index (χ0) is 20.4. The van der Waals surface area contributed by atoms with E-state index in [-0.39, 0.29) is 23.4 Å². The van der Waals surface area contributed by atoms with Crippen LogP contribution in [0.25, 0.3) is 0 Å². The second-order valence-corrected chi connectivity index (χ2v) is 6.66. The van der Waals surface area contributed by atoms with E-state index >= 15 is 0 Å². The monoisotopic (exact) mass is 383 g/mol. The quantitative estimate of drug-likeness (QED) is 0.550. The summed E-state index contributed by atoms with van der Waals surface area (Å²) >= 11 is 0. The molecule has 0 fully saturated rings. The number of fused-ring (bicyclic) bond motifs is 1. The highest BCUT2D eigenvalue weighted by atomic mass is 16.5. The highest BCUT2D eigenvalue weighted by Gasteiger charge is 2.30. The summed E-state index contributed by atoms with van der Waals surface area (Å²) in [6, 6.07) is 7.61. The SMILES string of the molecule is COC(=O)C[C@H]1NC(=O)c2cc(Oc3cc(C)cc(C)c3)c(N)cc2NC1=O. The van der Waals surface area contributed by atoms with Gasteiger partial charge in [-0.1, -0.05) is 6.07 Å². The van der Waals surface area contributed by atoms with Gasteiger partial charge >= 0.3 is 5.97 Å². The van der Waals surface area contributed by atoms with Crippen molar-refractivity contribution in [1.29, 1.82) is 0 Å². The number of nitrogens with one attached hydrogen (secondary N) is 2. The Kier molecular flexibility index (Phi) is 5.21. The van der Waals surface area contributed by atoms with Gasteiger partial charge in [-0.3, -0.25) is 14.4 Å². The van der Waals surface area contributed by atoms with Gasteiger partial charge in [0.25, 0.3) is 5.91 Å². The number of esters is 1. The Labute approximate surface area is 162 Å². The normalized spacial score (nSPS) is 15.8. The first-order chi connectivity index (χ1) is 13.3. The predicted octanol–water partition coefficient (Wildman–Crippen LogP) is 2.29. The Hall–Kier alpha value is -3.55. The minimum Gasteiger partial charge on any atom is -0.469 e. The molecule has 4 N–H and O–H groups in total. The number of carbonyl (C=O) groups is 3. The highest BCUT2D eigenvalue weighted by Crippen LogP contribution is 2.34. The third-order valence-electron chi connectivity index (χ3n) is 4.30. The molecule has 1 heterocycles. The molecule has 2 amide bonds. The van der Waals surface area contributed by atoms with E-state index in [0.717, 1.165) is 11.1 Å². The molecule has 0 spiro atoms. The number of hydrogen-bond acceptors (Lipinski definition) is 6. The third-order valence-corrected chi connectivity index (χ3v) is 4.30. The summed E-state index contributed by atoms with van der Waals surface area (Å²) in [5, 5.41) is 5.15. The second-order valence-electron chi connectivity index (χ2n) is 6.66. The number of rotatable bonds is 4. The fourth-order valence-electron chi connectivity index (χ4n) is 3.01. The number of ether oxygens (including phenoxy) is 2. The van der Waals surface area contributed by atoms with Crippen molar-refractivity contribution in [2.75, 3.05) is 18.2 Å². The maximum absolute atomic E-state index is 12.6. The lowest BCUT2D eigenvalue weighted by Crippen LogP contribution is -2.42. The summed E-state index contributed by atoms with van der Waals surface area (Å²) in [5.74, 6) is -0.775. The standard InChI is InChI=1S/C20H21N3O5/c1-10-4-11(2)6-12(5-10)28-17-7-13-15(8-14(17)21)22-20(26)16(23-19(13)25)9-18(24)27-3/h4-8,16H,9,21H2,1-3H3,(H,22,26)(H,23,25)/t16-/m1/s1. The van der Waals surface area contributed by atoms with Crippen molar-refractivity contribution in [3.05, 3.63) is 47.0 Å². The van der Waals surface area contributed by atoms with Crippen molar-refractivity contribution in [2.45, 2.75) is 26.3 Å². The molecule has 3 rings (SSSR count). The van der Waals surface area contributed by atoms with Gasteiger partial charge in [-0.2, -0.15) is 0 Å². The fraction of sp³-hybridized carbons (Fsp3) is 0.250. The fourth-order valence-corrected chi connectivity index (χ4v) is 3.01. The van der Waals surface area contributed by atoms with Gasteiger partial charge in [0.2, 0.25) is 5.91 Å². The molecule has 146 valence electrons. The number of anilines is 2. The molecule has 2 aromatic carbocycles. The number of aryl methyl sites for hydroxylation is 2. The van der Waals surface area contributed by atoms with Gasteiger partial charge in [-0.15, -0.1) is 0 Å². The summed E-state index contributed by atoms with van der Waals surface area (Å²) in [7, 11) is 1.21. The lowest BCUT2D eigenvalue weighted by atomic mass is 10.1. The molecule has 8 heteroatoms. The molecule has 8 nitrogen and oxygen atoms in total. The predicted molar refractivity (Wildman–Crippen MR) is 103 cm³/mol. The van der Waals surface area contributed by atoms with Crippen molar-refractivity contribution >= 4 is 29.2 Å². The Morgan fingerprint density at radius 1 is 1.11 bits per heavy atom. The molecule has 0 radical (unpaired) electrons. The molecule has 0 saturated carbocycles. The smallest absolute Gasteiger partial charge is 0.308 e. The van der Waals surface area contributed by atoms with Crippen LogP contribution in [0.3, 0.4) is 0 Å². The van der Waals surface area contributed by atoms with Crippen molar-refractivity contribution < 1.29 is 23.9 Å². The summed E-state index contributed by atoms with van der Waals surface area (Å²) in [5.41, 5.74) is 8.82. The molecule has 0 bridgehead atoms. The minimum atomic E-state index is -1.04. The number of amides is 2. The summed E-state index contributed by atoms with van der Waals surface area (Å²) in [4.78, 5) is 36.4. The number of carbonyl (C=O) groups excluding carboxylic acids is 3. The van der Waals surface area contributed by atoms with Gasteiger partial charge in [0, 0.05) is 0 Å². The lowest BCUT2D eigenvalue weighted by Gasteiger charge is -2.13. The van der Waals surface area contributed by atoms with E-state index in [9.17, 15) is 14.4 Å². The first kappa shape index (κ1) is 19.2. The molecular formula is C20H21N3O5. The van der Waals surface area contributed by atoms with E-state index in [2.05, 4.69) is 15.4 Å². The van der Waals surface area contributed by atoms with E-state index in [1.807, 2.05) is 32.0 Å². The Balaban J connectivity index is 1.92. The van der Waals surface area contributed by atoms with E-state index in [1.54, 1.807) is 0 Å². The topological polar surface area (TPSA) is 120 Å². The van der Waals surface area contributed by atoms with Crippen LogP contribution < -0.4 is 21.1 Å². The molecule has 1 atom stereocenters. The van der Waals surface area contributed by atoms with Crippen LogP contribution in [0.1, 0.15) is 27.9 Å². The maximum Gasteiger partial charge on any atom is 0.308 e. The number of methoxy groups -OCH3 is 1. The average molecular weight is 383 g/mol. The van der Waals surface area contributed by atoms with Crippen molar-refractivity contribution in [2.24, 2.45) is 0 Å². The van der Waals surface area contributed by atoms with Gasteiger partial charge in [-0.25, -0.2) is 0 Å². The number of benzene rings is 2. The van der Waals surface area contributed by atoms with Gasteiger partial charge in [-0.05, 0) is 49.2 Å². The molecule has 0 aliphatic carbocycles. The molecule has 0 aromatic heterocycles. The highest BCUT2D eigenvalue weighted by molar-refractivity contribution is 6.11. The molecule has 0 saturated heterocycles. The average Bonchev–Trinajstić information content (AvgIpc) is 2.71. The number of hydrogen-bond donors (Lipinski definition) is 3. The Bertz CT molecular complexity index is 950. The first-order valence-corrected chi connectivity index (χ1v) is 8.65. The van der Waals surface area contributed by atoms with Crippen LogP contribution in [0.4, 0.5) is 11.4 Å². The molecule has 1 aliphatic heterocycles. The first-order valence-electron chi connectivity index (χ1n) is 8.65. The Morgan fingerprint density at radius 3 is 2.43 bits per heavy atom. The van der Waals surface area contributed by atoms with E-state index in [4.69, 9.17) is 10.5 Å². The molecule has 1 aliphatic rings.